The van der Waals surface area contributed by atoms with Gasteiger partial charge in [-0.3, -0.25) is 0 Å². The van der Waals surface area contributed by atoms with E-state index in [9.17, 15) is 0 Å². The smallest absolute Gasteiger partial charge is 0.123 e. The summed E-state index contributed by atoms with van der Waals surface area (Å²) in [6.45, 7) is 5.98. The molecule has 0 atom stereocenters. The molecule has 0 aromatic heterocycles. The van der Waals surface area contributed by atoms with Gasteiger partial charge in [0, 0.05) is 12.1 Å². The zero-order valence-corrected chi connectivity index (χ0v) is 11.3. The fourth-order valence-electron chi connectivity index (χ4n) is 2.17. The summed E-state index contributed by atoms with van der Waals surface area (Å²) in [6, 6.07) is 8.55. The topological polar surface area (TPSA) is 30.5 Å². The minimum absolute atomic E-state index is 0.358. The first-order chi connectivity index (χ1) is 8.81. The van der Waals surface area contributed by atoms with Crippen LogP contribution in [0.2, 0.25) is 0 Å². The molecule has 1 aliphatic carbocycles. The van der Waals surface area contributed by atoms with Crippen LogP contribution in [0.1, 0.15) is 33.1 Å². The molecule has 0 spiro atoms. The Balaban J connectivity index is 1.76. The molecule has 1 saturated carbocycles. The van der Waals surface area contributed by atoms with Crippen LogP contribution in [-0.4, -0.2) is 25.3 Å². The van der Waals surface area contributed by atoms with Gasteiger partial charge in [0.2, 0.25) is 0 Å². The first-order valence-electron chi connectivity index (χ1n) is 6.94. The van der Waals surface area contributed by atoms with E-state index in [1.807, 2.05) is 31.2 Å². The van der Waals surface area contributed by atoms with Gasteiger partial charge in [-0.25, -0.2) is 0 Å². The monoisotopic (exact) mass is 249 g/mol. The third-order valence-electron chi connectivity index (χ3n) is 3.20. The van der Waals surface area contributed by atoms with Gasteiger partial charge in [0.05, 0.1) is 6.61 Å². The lowest BCUT2D eigenvalue weighted by atomic mass is 9.89. The van der Waals surface area contributed by atoms with Crippen LogP contribution in [0.15, 0.2) is 24.3 Å². The molecule has 0 amide bonds. The Morgan fingerprint density at radius 2 is 2.00 bits per heavy atom. The maximum absolute atomic E-state index is 5.93. The van der Waals surface area contributed by atoms with Crippen molar-refractivity contribution in [3.63, 3.8) is 0 Å². The molecule has 3 heteroatoms. The van der Waals surface area contributed by atoms with Crippen LogP contribution < -0.4 is 14.8 Å². The Morgan fingerprint density at radius 1 is 1.22 bits per heavy atom. The van der Waals surface area contributed by atoms with Gasteiger partial charge >= 0.3 is 0 Å². The second kappa shape index (κ2) is 6.64. The number of nitrogens with one attached hydrogen (secondary N) is 1. The van der Waals surface area contributed by atoms with Crippen molar-refractivity contribution in [1.29, 1.82) is 0 Å². The fourth-order valence-corrected chi connectivity index (χ4v) is 2.17. The predicted octanol–water partition coefficient (Wildman–Crippen LogP) is 2.99. The van der Waals surface area contributed by atoms with Gasteiger partial charge in [-0.2, -0.15) is 0 Å². The van der Waals surface area contributed by atoms with Crippen molar-refractivity contribution >= 4 is 0 Å². The lowest BCUT2D eigenvalue weighted by Gasteiger charge is -2.36. The van der Waals surface area contributed by atoms with E-state index in [0.717, 1.165) is 30.9 Å². The number of rotatable bonds is 7. The minimum Gasteiger partial charge on any atom is -0.494 e. The standard InChI is InChI=1S/C15H23NO2/c1-3-8-16-12-9-15(10-12)18-14-7-5-6-13(11-14)17-4-2/h5-7,11-12,15-16H,3-4,8-10H2,1-2H3. The Bertz CT molecular complexity index is 361. The number of hydrogen-bond acceptors (Lipinski definition) is 3. The van der Waals surface area contributed by atoms with E-state index in [4.69, 9.17) is 9.47 Å². The zero-order chi connectivity index (χ0) is 12.8. The molecule has 0 saturated heterocycles. The molecule has 0 bridgehead atoms. The van der Waals surface area contributed by atoms with E-state index in [0.29, 0.717) is 18.8 Å². The van der Waals surface area contributed by atoms with Gasteiger partial charge in [0.15, 0.2) is 0 Å². The van der Waals surface area contributed by atoms with Crippen LogP contribution in [0.5, 0.6) is 11.5 Å². The average Bonchev–Trinajstić information content (AvgIpc) is 2.33. The van der Waals surface area contributed by atoms with E-state index in [1.165, 1.54) is 6.42 Å². The number of benzene rings is 1. The fraction of sp³-hybridized carbons (Fsp3) is 0.600. The molecule has 0 heterocycles. The van der Waals surface area contributed by atoms with Crippen molar-refractivity contribution in [3.8, 4) is 11.5 Å². The summed E-state index contributed by atoms with van der Waals surface area (Å²) >= 11 is 0. The van der Waals surface area contributed by atoms with E-state index in [2.05, 4.69) is 12.2 Å². The molecule has 100 valence electrons. The molecule has 0 unspecified atom stereocenters. The summed E-state index contributed by atoms with van der Waals surface area (Å²) in [5.41, 5.74) is 0. The molecule has 1 aromatic rings. The summed E-state index contributed by atoms with van der Waals surface area (Å²) < 4.78 is 11.4. The Labute approximate surface area is 109 Å². The highest BCUT2D eigenvalue weighted by atomic mass is 16.5. The van der Waals surface area contributed by atoms with Crippen LogP contribution in [0, 0.1) is 0 Å². The largest absolute Gasteiger partial charge is 0.494 e. The highest BCUT2D eigenvalue weighted by Gasteiger charge is 2.30. The van der Waals surface area contributed by atoms with E-state index in [-0.39, 0.29) is 0 Å². The maximum atomic E-state index is 5.93. The highest BCUT2D eigenvalue weighted by Crippen LogP contribution is 2.27. The summed E-state index contributed by atoms with van der Waals surface area (Å²) in [7, 11) is 0. The van der Waals surface area contributed by atoms with Crippen LogP contribution >= 0.6 is 0 Å². The Morgan fingerprint density at radius 3 is 2.72 bits per heavy atom. The van der Waals surface area contributed by atoms with E-state index in [1.54, 1.807) is 0 Å². The van der Waals surface area contributed by atoms with Gasteiger partial charge < -0.3 is 14.8 Å². The normalized spacial score (nSPS) is 22.3. The number of ether oxygens (including phenoxy) is 2. The molecule has 1 fully saturated rings. The molecule has 1 aliphatic rings. The van der Waals surface area contributed by atoms with Crippen molar-refractivity contribution in [2.24, 2.45) is 0 Å². The van der Waals surface area contributed by atoms with Gasteiger partial charge in [0.1, 0.15) is 17.6 Å². The van der Waals surface area contributed by atoms with E-state index >= 15 is 0 Å². The lowest BCUT2D eigenvalue weighted by Crippen LogP contribution is -2.46. The molecule has 2 rings (SSSR count). The summed E-state index contributed by atoms with van der Waals surface area (Å²) in [6.07, 6.45) is 3.77. The second-order valence-electron chi connectivity index (χ2n) is 4.77. The molecule has 1 aromatic carbocycles. The van der Waals surface area contributed by atoms with Crippen LogP contribution in [0.3, 0.4) is 0 Å². The third kappa shape index (κ3) is 3.64. The molecule has 0 radical (unpaired) electrons. The molecule has 3 nitrogen and oxygen atoms in total. The zero-order valence-electron chi connectivity index (χ0n) is 11.3. The first-order valence-corrected chi connectivity index (χ1v) is 6.94. The predicted molar refractivity (Wildman–Crippen MR) is 73.3 cm³/mol. The first kappa shape index (κ1) is 13.2. The highest BCUT2D eigenvalue weighted by molar-refractivity contribution is 5.33. The Kier molecular flexibility index (Phi) is 4.88. The summed E-state index contributed by atoms with van der Waals surface area (Å²) in [5.74, 6) is 1.80. The van der Waals surface area contributed by atoms with Crippen molar-refractivity contribution in [2.45, 2.75) is 45.3 Å². The molecular weight excluding hydrogens is 226 g/mol. The van der Waals surface area contributed by atoms with Gasteiger partial charge in [-0.15, -0.1) is 0 Å². The molecular formula is C15H23NO2. The second-order valence-corrected chi connectivity index (χ2v) is 4.77. The van der Waals surface area contributed by atoms with Crippen LogP contribution in [0.25, 0.3) is 0 Å². The molecule has 1 N–H and O–H groups in total. The van der Waals surface area contributed by atoms with E-state index < -0.39 is 0 Å². The lowest BCUT2D eigenvalue weighted by molar-refractivity contribution is 0.0850. The SMILES string of the molecule is CCCNC1CC(Oc2cccc(OCC)c2)C1. The third-order valence-corrected chi connectivity index (χ3v) is 3.20. The summed E-state index contributed by atoms with van der Waals surface area (Å²) in [5, 5.41) is 3.51. The summed E-state index contributed by atoms with van der Waals surface area (Å²) in [4.78, 5) is 0. The van der Waals surface area contributed by atoms with Crippen molar-refractivity contribution in [1.82, 2.24) is 5.32 Å². The molecule has 18 heavy (non-hydrogen) atoms. The average molecular weight is 249 g/mol. The number of hydrogen-bond donors (Lipinski definition) is 1. The van der Waals surface area contributed by atoms with Gasteiger partial charge in [-0.1, -0.05) is 13.0 Å². The van der Waals surface area contributed by atoms with Crippen LogP contribution in [0.4, 0.5) is 0 Å². The van der Waals surface area contributed by atoms with Crippen LogP contribution in [-0.2, 0) is 0 Å². The van der Waals surface area contributed by atoms with Crippen molar-refractivity contribution in [2.75, 3.05) is 13.2 Å². The van der Waals surface area contributed by atoms with Crippen molar-refractivity contribution in [3.05, 3.63) is 24.3 Å². The quantitative estimate of drug-likeness (QED) is 0.806. The van der Waals surface area contributed by atoms with Crippen molar-refractivity contribution < 1.29 is 9.47 Å². The minimum atomic E-state index is 0.358. The Hall–Kier alpha value is -1.22. The molecule has 0 aliphatic heterocycles. The van der Waals surface area contributed by atoms with Gasteiger partial charge in [-0.05, 0) is 44.9 Å². The maximum Gasteiger partial charge on any atom is 0.123 e. The van der Waals surface area contributed by atoms with Gasteiger partial charge in [0.25, 0.3) is 0 Å².